The van der Waals surface area contributed by atoms with Crippen molar-refractivity contribution < 1.29 is 9.32 Å². The number of fused-ring (bicyclic) bond motifs is 1. The van der Waals surface area contributed by atoms with Gasteiger partial charge in [-0.15, -0.1) is 12.4 Å². The summed E-state index contributed by atoms with van der Waals surface area (Å²) < 4.78 is 5.28. The molecule has 0 unspecified atom stereocenters. The van der Waals surface area contributed by atoms with Crippen molar-refractivity contribution >= 4 is 29.3 Å². The average Bonchev–Trinajstić information content (AvgIpc) is 3.66. The van der Waals surface area contributed by atoms with Crippen molar-refractivity contribution in [1.82, 2.24) is 40.9 Å². The molecule has 43 heavy (non-hydrogen) atoms. The molecule has 1 amide bonds. The molecule has 0 spiro atoms. The van der Waals surface area contributed by atoms with E-state index in [2.05, 4.69) is 60.2 Å². The second-order valence-corrected chi connectivity index (χ2v) is 12.1. The number of benzene rings is 1. The number of nitrogens with zero attached hydrogens (tertiary/aromatic N) is 5. The van der Waals surface area contributed by atoms with Gasteiger partial charge in [-0.05, 0) is 69.1 Å². The van der Waals surface area contributed by atoms with Gasteiger partial charge in [0.15, 0.2) is 5.65 Å². The fourth-order valence-corrected chi connectivity index (χ4v) is 5.49. The number of hydrogen-bond donors (Lipinski definition) is 3. The fraction of sp³-hybridized carbons (Fsp3) is 0.375. The first-order chi connectivity index (χ1) is 20.2. The number of rotatable bonds is 6. The van der Waals surface area contributed by atoms with Crippen molar-refractivity contribution in [3.8, 4) is 22.4 Å². The van der Waals surface area contributed by atoms with Crippen molar-refractivity contribution in [2.75, 3.05) is 13.1 Å². The van der Waals surface area contributed by atoms with Crippen LogP contribution in [0, 0.1) is 6.92 Å². The highest BCUT2D eigenvalue weighted by Gasteiger charge is 2.25. The van der Waals surface area contributed by atoms with Crippen LogP contribution >= 0.6 is 12.4 Å². The third-order valence-electron chi connectivity index (χ3n) is 7.93. The molecule has 1 fully saturated rings. The van der Waals surface area contributed by atoms with E-state index in [-0.39, 0.29) is 35.6 Å². The van der Waals surface area contributed by atoms with Gasteiger partial charge in [-0.25, -0.2) is 4.98 Å². The number of H-pyrrole nitrogens is 1. The quantitative estimate of drug-likeness (QED) is 0.214. The average molecular weight is 601 g/mol. The van der Waals surface area contributed by atoms with Crippen LogP contribution in [0.15, 0.2) is 53.3 Å². The Morgan fingerprint density at radius 3 is 2.44 bits per heavy atom. The van der Waals surface area contributed by atoms with Gasteiger partial charge in [-0.1, -0.05) is 44.1 Å². The van der Waals surface area contributed by atoms with Gasteiger partial charge in [0.2, 0.25) is 5.89 Å². The Morgan fingerprint density at radius 1 is 1.02 bits per heavy atom. The monoisotopic (exact) mass is 600 g/mol. The number of aromatic amines is 1. The van der Waals surface area contributed by atoms with Crippen molar-refractivity contribution in [3.63, 3.8) is 0 Å². The Morgan fingerprint density at radius 2 is 1.77 bits per heavy atom. The molecule has 1 aromatic carbocycles. The zero-order valence-electron chi connectivity index (χ0n) is 25.1. The fourth-order valence-electron chi connectivity index (χ4n) is 5.49. The number of aromatic nitrogens is 6. The molecule has 5 aromatic rings. The maximum atomic E-state index is 12.8. The lowest BCUT2D eigenvalue weighted by Crippen LogP contribution is -2.28. The van der Waals surface area contributed by atoms with Gasteiger partial charge in [0.25, 0.3) is 11.7 Å². The lowest BCUT2D eigenvalue weighted by Gasteiger charge is -2.22. The van der Waals surface area contributed by atoms with Crippen molar-refractivity contribution in [2.45, 2.75) is 64.8 Å². The molecule has 1 saturated heterocycles. The predicted molar refractivity (Wildman–Crippen MR) is 168 cm³/mol. The van der Waals surface area contributed by atoms with Gasteiger partial charge >= 0.3 is 0 Å². The molecular weight excluding hydrogens is 564 g/mol. The van der Waals surface area contributed by atoms with Crippen LogP contribution in [0.2, 0.25) is 0 Å². The molecule has 5 heterocycles. The van der Waals surface area contributed by atoms with Gasteiger partial charge in [-0.3, -0.25) is 14.9 Å². The predicted octanol–water partition coefficient (Wildman–Crippen LogP) is 6.06. The number of amides is 1. The summed E-state index contributed by atoms with van der Waals surface area (Å²) in [5.74, 6) is 0.603. The summed E-state index contributed by atoms with van der Waals surface area (Å²) in [6.45, 7) is 11.9. The van der Waals surface area contributed by atoms with Crippen LogP contribution < -0.4 is 10.6 Å². The number of carbonyl (C=O) groups excluding carboxylic acids is 1. The third kappa shape index (κ3) is 6.30. The minimum Gasteiger partial charge on any atom is -0.343 e. The highest BCUT2D eigenvalue weighted by molar-refractivity contribution is 5.93. The largest absolute Gasteiger partial charge is 0.343 e. The molecule has 0 bridgehead atoms. The van der Waals surface area contributed by atoms with E-state index in [0.717, 1.165) is 70.5 Å². The molecule has 3 N–H and O–H groups in total. The summed E-state index contributed by atoms with van der Waals surface area (Å²) in [4.78, 5) is 26.5. The molecule has 4 aromatic heterocycles. The molecule has 1 aliphatic heterocycles. The molecule has 0 saturated carbocycles. The summed E-state index contributed by atoms with van der Waals surface area (Å²) >= 11 is 0. The number of carbonyl (C=O) groups is 1. The molecule has 224 valence electrons. The zero-order chi connectivity index (χ0) is 29.4. The van der Waals surface area contributed by atoms with Crippen LogP contribution in [0.5, 0.6) is 0 Å². The third-order valence-corrected chi connectivity index (χ3v) is 7.93. The van der Waals surface area contributed by atoms with Crippen LogP contribution in [0.3, 0.4) is 0 Å². The summed E-state index contributed by atoms with van der Waals surface area (Å²) in [5, 5.41) is 18.8. The highest BCUT2D eigenvalue weighted by atomic mass is 35.5. The second-order valence-electron chi connectivity index (χ2n) is 12.1. The van der Waals surface area contributed by atoms with E-state index >= 15 is 0 Å². The van der Waals surface area contributed by atoms with E-state index in [9.17, 15) is 4.79 Å². The van der Waals surface area contributed by atoms with Gasteiger partial charge in [-0.2, -0.15) is 10.1 Å². The Bertz CT molecular complexity index is 1730. The molecule has 1 aliphatic rings. The lowest BCUT2D eigenvalue weighted by atomic mass is 9.93. The van der Waals surface area contributed by atoms with Crippen molar-refractivity contribution in [2.24, 2.45) is 0 Å². The molecule has 6 rings (SSSR count). The van der Waals surface area contributed by atoms with E-state index < -0.39 is 0 Å². The van der Waals surface area contributed by atoms with Crippen molar-refractivity contribution in [1.29, 1.82) is 0 Å². The smallest absolute Gasteiger partial charge is 0.293 e. The van der Waals surface area contributed by atoms with Gasteiger partial charge in [0, 0.05) is 51.5 Å². The summed E-state index contributed by atoms with van der Waals surface area (Å²) in [7, 11) is 0. The SMILES string of the molecule is Cc1cc(-c2[nH]nc3ncc(-c4ccc(C5CCNCC5)nc4)cc23)ccc1[C@@H](C)NC(=O)c1noc(C(C)(C)C)n1.Cl. The molecule has 10 nitrogen and oxygen atoms in total. The van der Waals surface area contributed by atoms with Crippen LogP contribution in [0.1, 0.15) is 85.8 Å². The van der Waals surface area contributed by atoms with E-state index in [4.69, 9.17) is 9.51 Å². The van der Waals surface area contributed by atoms with E-state index in [1.807, 2.05) is 59.1 Å². The normalized spacial score (nSPS) is 14.8. The number of halogens is 1. The molecular formula is C32H37ClN8O2. The van der Waals surface area contributed by atoms with Crippen LogP contribution in [-0.4, -0.2) is 49.3 Å². The Kier molecular flexibility index (Phi) is 8.62. The number of pyridine rings is 2. The topological polar surface area (TPSA) is 135 Å². The van der Waals surface area contributed by atoms with Crippen molar-refractivity contribution in [3.05, 3.63) is 77.3 Å². The minimum atomic E-state index is -0.373. The lowest BCUT2D eigenvalue weighted by molar-refractivity contribution is 0.0926. The maximum absolute atomic E-state index is 12.8. The maximum Gasteiger partial charge on any atom is 0.293 e. The van der Waals surface area contributed by atoms with Gasteiger partial charge < -0.3 is 15.2 Å². The zero-order valence-corrected chi connectivity index (χ0v) is 25.9. The summed E-state index contributed by atoms with van der Waals surface area (Å²) in [5.41, 5.74) is 7.43. The van der Waals surface area contributed by atoms with Gasteiger partial charge in [0.05, 0.1) is 11.7 Å². The molecule has 1 atom stereocenters. The summed E-state index contributed by atoms with van der Waals surface area (Å²) in [6.07, 6.45) is 6.05. The van der Waals surface area contributed by atoms with Crippen LogP contribution in [-0.2, 0) is 5.41 Å². The first-order valence-corrected chi connectivity index (χ1v) is 14.4. The minimum absolute atomic E-state index is 0. The molecule has 0 radical (unpaired) electrons. The molecule has 0 aliphatic carbocycles. The van der Waals surface area contributed by atoms with E-state index in [1.165, 1.54) is 0 Å². The van der Waals surface area contributed by atoms with Crippen LogP contribution in [0.4, 0.5) is 0 Å². The summed E-state index contributed by atoms with van der Waals surface area (Å²) in [6, 6.07) is 12.3. The first kappa shape index (κ1) is 30.3. The molecule has 11 heteroatoms. The van der Waals surface area contributed by atoms with E-state index in [1.54, 1.807) is 0 Å². The Labute approximate surface area is 256 Å². The Balaban J connectivity index is 0.00000368. The van der Waals surface area contributed by atoms with Crippen LogP contribution in [0.25, 0.3) is 33.4 Å². The number of piperidine rings is 1. The standard InChI is InChI=1S/C32H36N8O2.ClH/c1-18-14-21(6-8-24(18)19(2)36-30(41)29-37-31(42-40-29)32(3,4)5)27-25-15-23(17-35-28(25)39-38-27)22-7-9-26(34-16-22)20-10-12-33-13-11-20;/h6-9,14-17,19-20,33H,10-13H2,1-5H3,(H,36,41)(H,35,38,39);1H/t19-;/m1./s1. The van der Waals surface area contributed by atoms with E-state index in [0.29, 0.717) is 17.5 Å². The number of nitrogens with one attached hydrogen (secondary N) is 3. The van der Waals surface area contributed by atoms with Gasteiger partial charge in [0.1, 0.15) is 0 Å². The highest BCUT2D eigenvalue weighted by Crippen LogP contribution is 2.32. The second kappa shape index (κ2) is 12.2. The first-order valence-electron chi connectivity index (χ1n) is 14.4. The number of hydrogen-bond acceptors (Lipinski definition) is 8. The Hall–Kier alpha value is -4.15. The number of aryl methyl sites for hydroxylation is 1.